The molecule has 2 aliphatic rings. The van der Waals surface area contributed by atoms with Crippen LogP contribution in [0.2, 0.25) is 0 Å². The van der Waals surface area contributed by atoms with Gasteiger partial charge in [-0.15, -0.1) is 0 Å². The Morgan fingerprint density at radius 2 is 2.12 bits per heavy atom. The molecule has 1 atom stereocenters. The first-order valence-corrected chi connectivity index (χ1v) is 10.8. The van der Waals surface area contributed by atoms with Crippen LogP contribution in [0, 0.1) is 25.2 Å². The molecule has 0 bridgehead atoms. The molecule has 0 saturated carbocycles. The average Bonchev–Trinajstić information content (AvgIpc) is 3.51. The average molecular weight is 434 g/mol. The number of carbonyl (C=O) groups is 2. The Morgan fingerprint density at radius 3 is 2.75 bits per heavy atom. The number of benzene rings is 1. The van der Waals surface area contributed by atoms with Crippen LogP contribution >= 0.6 is 0 Å². The van der Waals surface area contributed by atoms with Gasteiger partial charge in [-0.3, -0.25) is 9.69 Å². The van der Waals surface area contributed by atoms with Crippen LogP contribution in [-0.2, 0) is 16.1 Å². The lowest BCUT2D eigenvalue weighted by Crippen LogP contribution is -2.27. The number of rotatable bonds is 6. The zero-order chi connectivity index (χ0) is 22.7. The Morgan fingerprint density at radius 1 is 1.34 bits per heavy atom. The molecule has 2 saturated heterocycles. The van der Waals surface area contributed by atoms with E-state index in [-0.39, 0.29) is 17.7 Å². The van der Waals surface area contributed by atoms with Gasteiger partial charge in [0.2, 0.25) is 0 Å². The predicted octanol–water partition coefficient (Wildman–Crippen LogP) is 3.36. The summed E-state index contributed by atoms with van der Waals surface area (Å²) in [4.78, 5) is 26.1. The number of urea groups is 1. The number of amides is 3. The van der Waals surface area contributed by atoms with Crippen molar-refractivity contribution in [2.24, 2.45) is 0 Å². The Balaban J connectivity index is 1.47. The Labute approximate surface area is 187 Å². The summed E-state index contributed by atoms with van der Waals surface area (Å²) in [6.45, 7) is 6.82. The van der Waals surface area contributed by atoms with Crippen molar-refractivity contribution in [2.75, 3.05) is 29.9 Å². The summed E-state index contributed by atoms with van der Waals surface area (Å²) in [5.41, 5.74) is 4.28. The van der Waals surface area contributed by atoms with E-state index in [1.807, 2.05) is 26.0 Å². The van der Waals surface area contributed by atoms with Crippen LogP contribution in [0.5, 0.6) is 0 Å². The van der Waals surface area contributed by atoms with Gasteiger partial charge in [-0.05, 0) is 68.7 Å². The van der Waals surface area contributed by atoms with Crippen molar-refractivity contribution in [3.63, 3.8) is 0 Å². The maximum atomic E-state index is 12.7. The van der Waals surface area contributed by atoms with Gasteiger partial charge in [-0.1, -0.05) is 0 Å². The molecular formula is C24H27N5O3. The minimum absolute atomic E-state index is 0.0327. The smallest absolute Gasteiger partial charge is 0.321 e. The van der Waals surface area contributed by atoms with Gasteiger partial charge in [-0.25, -0.2) is 4.79 Å². The zero-order valence-electron chi connectivity index (χ0n) is 18.4. The van der Waals surface area contributed by atoms with E-state index in [0.717, 1.165) is 48.6 Å². The monoisotopic (exact) mass is 433 g/mol. The molecule has 2 aromatic rings. The third-order valence-electron chi connectivity index (χ3n) is 5.98. The second-order valence-electron chi connectivity index (χ2n) is 8.13. The number of anilines is 2. The highest BCUT2D eigenvalue weighted by atomic mass is 16.5. The first-order chi connectivity index (χ1) is 15.5. The van der Waals surface area contributed by atoms with Crippen LogP contribution in [0.25, 0.3) is 6.08 Å². The van der Waals surface area contributed by atoms with E-state index >= 15 is 0 Å². The Hall–Kier alpha value is -3.57. The van der Waals surface area contributed by atoms with E-state index in [4.69, 9.17) is 4.74 Å². The number of hydrogen-bond donors (Lipinski definition) is 2. The number of carbonyl (C=O) groups excluding carboxylic acids is 2. The minimum atomic E-state index is -0.469. The summed E-state index contributed by atoms with van der Waals surface area (Å²) >= 11 is 0. The Kier molecular flexibility index (Phi) is 6.28. The molecule has 3 amide bonds. The number of hydrogen-bond acceptors (Lipinski definition) is 4. The Bertz CT molecular complexity index is 1090. The van der Waals surface area contributed by atoms with Crippen molar-refractivity contribution in [3.05, 3.63) is 52.9 Å². The third-order valence-corrected chi connectivity index (χ3v) is 5.98. The van der Waals surface area contributed by atoms with Crippen molar-refractivity contribution in [1.82, 2.24) is 9.88 Å². The fourth-order valence-electron chi connectivity index (χ4n) is 4.19. The quantitative estimate of drug-likeness (QED) is 0.539. The molecule has 8 heteroatoms. The second kappa shape index (κ2) is 9.28. The summed E-state index contributed by atoms with van der Waals surface area (Å²) in [7, 11) is 0. The lowest BCUT2D eigenvalue weighted by molar-refractivity contribution is -0.112. The largest absolute Gasteiger partial charge is 0.376 e. The van der Waals surface area contributed by atoms with Gasteiger partial charge in [-0.2, -0.15) is 5.26 Å². The molecule has 0 radical (unpaired) electrons. The molecule has 3 heterocycles. The van der Waals surface area contributed by atoms with Crippen LogP contribution in [0.3, 0.4) is 0 Å². The van der Waals surface area contributed by atoms with Gasteiger partial charge in [0.15, 0.2) is 0 Å². The molecule has 2 fully saturated rings. The highest BCUT2D eigenvalue weighted by Crippen LogP contribution is 2.23. The molecule has 2 aliphatic heterocycles. The lowest BCUT2D eigenvalue weighted by Gasteiger charge is -2.15. The molecule has 0 aliphatic carbocycles. The molecule has 166 valence electrons. The number of nitrogens with zero attached hydrogens (tertiary/aromatic N) is 3. The van der Waals surface area contributed by atoms with Gasteiger partial charge < -0.3 is 19.9 Å². The third kappa shape index (κ3) is 4.53. The van der Waals surface area contributed by atoms with Gasteiger partial charge in [0, 0.05) is 49.0 Å². The van der Waals surface area contributed by atoms with Crippen molar-refractivity contribution in [3.8, 4) is 6.07 Å². The van der Waals surface area contributed by atoms with Gasteiger partial charge >= 0.3 is 6.03 Å². The molecule has 1 unspecified atom stereocenters. The van der Waals surface area contributed by atoms with Crippen LogP contribution in [0.1, 0.15) is 29.8 Å². The van der Waals surface area contributed by atoms with Crippen LogP contribution in [0.4, 0.5) is 16.2 Å². The van der Waals surface area contributed by atoms with Crippen LogP contribution in [0.15, 0.2) is 35.9 Å². The SMILES string of the molecule is Cc1cc(/C=C(\C#N)C(=O)Nc2ccc(N3CCNC3=O)cc2)c(C)n1CC1CCCO1. The first-order valence-electron chi connectivity index (χ1n) is 10.8. The molecular weight excluding hydrogens is 406 g/mol. The molecule has 2 N–H and O–H groups in total. The first kappa shape index (κ1) is 21.7. The normalized spacial score (nSPS) is 18.5. The fourth-order valence-corrected chi connectivity index (χ4v) is 4.19. The van der Waals surface area contributed by atoms with E-state index < -0.39 is 5.91 Å². The van der Waals surface area contributed by atoms with E-state index in [9.17, 15) is 14.9 Å². The topological polar surface area (TPSA) is 99.4 Å². The van der Waals surface area contributed by atoms with Crippen molar-refractivity contribution >= 4 is 29.4 Å². The molecule has 0 spiro atoms. The van der Waals surface area contributed by atoms with Gasteiger partial charge in [0.25, 0.3) is 5.91 Å². The summed E-state index contributed by atoms with van der Waals surface area (Å²) < 4.78 is 7.93. The minimum Gasteiger partial charge on any atom is -0.376 e. The van der Waals surface area contributed by atoms with E-state index in [0.29, 0.717) is 18.8 Å². The fraction of sp³-hybridized carbons (Fsp3) is 0.375. The predicted molar refractivity (Wildman–Crippen MR) is 122 cm³/mol. The maximum Gasteiger partial charge on any atom is 0.321 e. The molecule has 4 rings (SSSR count). The van der Waals surface area contributed by atoms with Gasteiger partial charge in [0.05, 0.1) is 6.10 Å². The number of aromatic nitrogens is 1. The summed E-state index contributed by atoms with van der Waals surface area (Å²) in [5.74, 6) is -0.469. The number of aryl methyl sites for hydroxylation is 1. The molecule has 8 nitrogen and oxygen atoms in total. The van der Waals surface area contributed by atoms with Crippen molar-refractivity contribution in [1.29, 1.82) is 5.26 Å². The summed E-state index contributed by atoms with van der Waals surface area (Å²) in [6, 6.07) is 10.9. The number of ether oxygens (including phenoxy) is 1. The van der Waals surface area contributed by atoms with Crippen LogP contribution < -0.4 is 15.5 Å². The molecule has 1 aromatic heterocycles. The van der Waals surface area contributed by atoms with Crippen LogP contribution in [-0.4, -0.2) is 42.3 Å². The van der Waals surface area contributed by atoms with Gasteiger partial charge in [0.1, 0.15) is 11.6 Å². The zero-order valence-corrected chi connectivity index (χ0v) is 18.4. The maximum absolute atomic E-state index is 12.7. The number of nitriles is 1. The summed E-state index contributed by atoms with van der Waals surface area (Å²) in [5, 5.41) is 15.1. The number of nitrogens with one attached hydrogen (secondary N) is 2. The summed E-state index contributed by atoms with van der Waals surface area (Å²) in [6.07, 6.45) is 3.98. The van der Waals surface area contributed by atoms with E-state index in [2.05, 4.69) is 15.2 Å². The standard InChI is InChI=1S/C24H27N5O3/c1-16-12-18(17(2)29(16)15-22-4-3-11-32-22)13-19(14-25)23(30)27-20-5-7-21(8-6-20)28-10-9-26-24(28)31/h5-8,12-13,22H,3-4,9-11,15H2,1-2H3,(H,26,31)(H,27,30)/b19-13+. The highest BCUT2D eigenvalue weighted by molar-refractivity contribution is 6.09. The van der Waals surface area contributed by atoms with E-state index in [1.165, 1.54) is 0 Å². The van der Waals surface area contributed by atoms with E-state index in [1.54, 1.807) is 35.2 Å². The van der Waals surface area contributed by atoms with Crippen molar-refractivity contribution in [2.45, 2.75) is 39.3 Å². The lowest BCUT2D eigenvalue weighted by atomic mass is 10.1. The molecule has 1 aromatic carbocycles. The molecule has 32 heavy (non-hydrogen) atoms. The second-order valence-corrected chi connectivity index (χ2v) is 8.13. The van der Waals surface area contributed by atoms with Crippen molar-refractivity contribution < 1.29 is 14.3 Å². The highest BCUT2D eigenvalue weighted by Gasteiger charge is 2.21.